The zero-order valence-electron chi connectivity index (χ0n) is 8.73. The molecule has 0 aliphatic rings. The molecule has 0 radical (unpaired) electrons. The van der Waals surface area contributed by atoms with Crippen molar-refractivity contribution >= 4 is 22.9 Å². The van der Waals surface area contributed by atoms with Gasteiger partial charge in [0.2, 0.25) is 0 Å². The summed E-state index contributed by atoms with van der Waals surface area (Å²) in [7, 11) is 0. The Bertz CT molecular complexity index is 447. The summed E-state index contributed by atoms with van der Waals surface area (Å²) in [5.74, 6) is 0. The van der Waals surface area contributed by atoms with Gasteiger partial charge in [0.15, 0.2) is 0 Å². The molecular formula is C10H13N3S2. The Hall–Kier alpha value is -0.780. The van der Waals surface area contributed by atoms with E-state index in [2.05, 4.69) is 34.9 Å². The van der Waals surface area contributed by atoms with E-state index < -0.39 is 0 Å². The van der Waals surface area contributed by atoms with E-state index in [9.17, 15) is 0 Å². The Morgan fingerprint density at radius 2 is 2.27 bits per heavy atom. The molecule has 15 heavy (non-hydrogen) atoms. The summed E-state index contributed by atoms with van der Waals surface area (Å²) in [6, 6.07) is 2.04. The lowest BCUT2D eigenvalue weighted by atomic mass is 10.1. The van der Waals surface area contributed by atoms with Crippen LogP contribution in [0.3, 0.4) is 0 Å². The van der Waals surface area contributed by atoms with Gasteiger partial charge in [-0.1, -0.05) is 11.4 Å². The second-order valence-corrected chi connectivity index (χ2v) is 5.12. The van der Waals surface area contributed by atoms with Crippen LogP contribution in [0.5, 0.6) is 0 Å². The molecule has 0 saturated carbocycles. The Balaban J connectivity index is 2.36. The molecule has 0 spiro atoms. The molecule has 5 heteroatoms. The van der Waals surface area contributed by atoms with Crippen LogP contribution < -0.4 is 5.73 Å². The van der Waals surface area contributed by atoms with E-state index in [0.717, 1.165) is 17.0 Å². The Morgan fingerprint density at radius 3 is 2.87 bits per heavy atom. The quantitative estimate of drug-likeness (QED) is 0.895. The first kappa shape index (κ1) is 10.7. The van der Waals surface area contributed by atoms with Crippen molar-refractivity contribution < 1.29 is 0 Å². The van der Waals surface area contributed by atoms with Crippen molar-refractivity contribution in [3.8, 4) is 0 Å². The van der Waals surface area contributed by atoms with Gasteiger partial charge in [0.05, 0.1) is 16.6 Å². The normalized spacial score (nSPS) is 13.0. The molecule has 0 aromatic carbocycles. The van der Waals surface area contributed by atoms with Crippen molar-refractivity contribution in [2.45, 2.75) is 26.3 Å². The van der Waals surface area contributed by atoms with Crippen molar-refractivity contribution in [3.05, 3.63) is 32.5 Å². The van der Waals surface area contributed by atoms with E-state index in [1.807, 2.05) is 0 Å². The summed E-state index contributed by atoms with van der Waals surface area (Å²) < 4.78 is 3.97. The van der Waals surface area contributed by atoms with Crippen LogP contribution in [0, 0.1) is 6.92 Å². The number of hydrogen-bond acceptors (Lipinski definition) is 5. The largest absolute Gasteiger partial charge is 0.319 e. The predicted molar refractivity (Wildman–Crippen MR) is 64.4 cm³/mol. The summed E-state index contributed by atoms with van der Waals surface area (Å²) in [4.78, 5) is 2.32. The third kappa shape index (κ3) is 1.95. The van der Waals surface area contributed by atoms with Crippen molar-refractivity contribution in [2.24, 2.45) is 5.73 Å². The third-order valence-corrected chi connectivity index (χ3v) is 4.34. The summed E-state index contributed by atoms with van der Waals surface area (Å²) >= 11 is 3.11. The molecule has 0 bridgehead atoms. The molecule has 80 valence electrons. The van der Waals surface area contributed by atoms with E-state index >= 15 is 0 Å². The second-order valence-electron chi connectivity index (χ2n) is 3.38. The molecule has 1 atom stereocenters. The fourth-order valence-corrected chi connectivity index (χ4v) is 3.28. The first-order valence-electron chi connectivity index (χ1n) is 4.84. The molecular weight excluding hydrogens is 226 g/mol. The standard InChI is InChI=1S/C10H13N3S2/c1-3-7-10(15-13-12-7)8(11)9-6(2)4-5-14-9/h4-5,8H,3,11H2,1-2H3. The molecule has 0 aliphatic heterocycles. The highest BCUT2D eigenvalue weighted by Gasteiger charge is 2.18. The SMILES string of the molecule is CCc1nnsc1C(N)c1sccc1C. The molecule has 0 aliphatic carbocycles. The number of nitrogens with two attached hydrogens (primary N) is 1. The van der Waals surface area contributed by atoms with Gasteiger partial charge in [-0.2, -0.15) is 0 Å². The monoisotopic (exact) mass is 239 g/mol. The molecule has 2 rings (SSSR count). The molecule has 2 heterocycles. The highest BCUT2D eigenvalue weighted by atomic mass is 32.1. The van der Waals surface area contributed by atoms with Gasteiger partial charge in [0, 0.05) is 4.88 Å². The average molecular weight is 239 g/mol. The van der Waals surface area contributed by atoms with Crippen molar-refractivity contribution in [2.75, 3.05) is 0 Å². The maximum atomic E-state index is 6.22. The van der Waals surface area contributed by atoms with Crippen LogP contribution in [-0.2, 0) is 6.42 Å². The number of hydrogen-bond donors (Lipinski definition) is 1. The smallest absolute Gasteiger partial charge is 0.0804 e. The fourth-order valence-electron chi connectivity index (χ4n) is 1.52. The minimum Gasteiger partial charge on any atom is -0.319 e. The molecule has 2 aromatic rings. The van der Waals surface area contributed by atoms with Gasteiger partial charge in [-0.15, -0.1) is 16.4 Å². The number of thiophene rings is 1. The van der Waals surface area contributed by atoms with Crippen LogP contribution in [0.2, 0.25) is 0 Å². The van der Waals surface area contributed by atoms with Crippen LogP contribution in [0.1, 0.15) is 34.0 Å². The maximum absolute atomic E-state index is 6.22. The Kier molecular flexibility index (Phi) is 3.14. The summed E-state index contributed by atoms with van der Waals surface area (Å²) in [6.45, 7) is 4.17. The van der Waals surface area contributed by atoms with E-state index in [4.69, 9.17) is 5.73 Å². The summed E-state index contributed by atoms with van der Waals surface area (Å²) in [5.41, 5.74) is 8.50. The topological polar surface area (TPSA) is 51.8 Å². The van der Waals surface area contributed by atoms with E-state index in [1.54, 1.807) is 11.3 Å². The van der Waals surface area contributed by atoms with E-state index in [0.29, 0.717) is 0 Å². The molecule has 3 nitrogen and oxygen atoms in total. The van der Waals surface area contributed by atoms with Gasteiger partial charge in [-0.3, -0.25) is 0 Å². The first-order chi connectivity index (χ1) is 7.24. The Morgan fingerprint density at radius 1 is 1.47 bits per heavy atom. The first-order valence-corrected chi connectivity index (χ1v) is 6.50. The number of rotatable bonds is 3. The van der Waals surface area contributed by atoms with Crippen LogP contribution >= 0.6 is 22.9 Å². The zero-order chi connectivity index (χ0) is 10.8. The van der Waals surface area contributed by atoms with Gasteiger partial charge in [-0.25, -0.2) is 0 Å². The lowest BCUT2D eigenvalue weighted by molar-refractivity contribution is 0.864. The lowest BCUT2D eigenvalue weighted by Gasteiger charge is -2.09. The molecule has 1 unspecified atom stereocenters. The van der Waals surface area contributed by atoms with E-state index in [-0.39, 0.29) is 6.04 Å². The predicted octanol–water partition coefficient (Wildman–Crippen LogP) is 2.52. The number of aryl methyl sites for hydroxylation is 2. The highest BCUT2D eigenvalue weighted by molar-refractivity contribution is 7.10. The lowest BCUT2D eigenvalue weighted by Crippen LogP contribution is -2.11. The average Bonchev–Trinajstić information content (AvgIpc) is 2.84. The molecule has 2 aromatic heterocycles. The van der Waals surface area contributed by atoms with Gasteiger partial charge in [-0.05, 0) is 41.9 Å². The van der Waals surface area contributed by atoms with Crippen LogP contribution in [0.15, 0.2) is 11.4 Å². The Labute approximate surface area is 97.1 Å². The van der Waals surface area contributed by atoms with Crippen molar-refractivity contribution in [1.29, 1.82) is 0 Å². The van der Waals surface area contributed by atoms with E-state index in [1.165, 1.54) is 22.0 Å². The van der Waals surface area contributed by atoms with Crippen LogP contribution in [0.4, 0.5) is 0 Å². The number of aromatic nitrogens is 2. The van der Waals surface area contributed by atoms with Crippen LogP contribution in [-0.4, -0.2) is 9.59 Å². The molecule has 2 N–H and O–H groups in total. The van der Waals surface area contributed by atoms with Gasteiger partial charge in [0.25, 0.3) is 0 Å². The fraction of sp³-hybridized carbons (Fsp3) is 0.400. The molecule has 0 amide bonds. The third-order valence-electron chi connectivity index (χ3n) is 2.39. The minimum absolute atomic E-state index is 0.0556. The maximum Gasteiger partial charge on any atom is 0.0804 e. The zero-order valence-corrected chi connectivity index (χ0v) is 10.4. The van der Waals surface area contributed by atoms with Gasteiger partial charge in [0.1, 0.15) is 0 Å². The molecule has 0 fully saturated rings. The molecule has 0 saturated heterocycles. The summed E-state index contributed by atoms with van der Waals surface area (Å²) in [5, 5.41) is 6.16. The minimum atomic E-state index is -0.0556. The van der Waals surface area contributed by atoms with Crippen molar-refractivity contribution in [3.63, 3.8) is 0 Å². The van der Waals surface area contributed by atoms with Crippen LogP contribution in [0.25, 0.3) is 0 Å². The van der Waals surface area contributed by atoms with Gasteiger partial charge < -0.3 is 5.73 Å². The number of nitrogens with zero attached hydrogens (tertiary/aromatic N) is 2. The summed E-state index contributed by atoms with van der Waals surface area (Å²) in [6.07, 6.45) is 0.893. The van der Waals surface area contributed by atoms with Gasteiger partial charge >= 0.3 is 0 Å². The highest BCUT2D eigenvalue weighted by Crippen LogP contribution is 2.30. The van der Waals surface area contributed by atoms with Crippen molar-refractivity contribution in [1.82, 2.24) is 9.59 Å². The second kappa shape index (κ2) is 4.38.